The van der Waals surface area contributed by atoms with E-state index in [1.807, 2.05) is 0 Å². The Morgan fingerprint density at radius 3 is 1.18 bits per heavy atom. The normalized spacial score (nSPS) is 14.0. The Balaban J connectivity index is 4.62. The van der Waals surface area contributed by atoms with Gasteiger partial charge in [0.15, 0.2) is 0 Å². The number of hydrogen-bond donors (Lipinski definition) is 0. The third-order valence-corrected chi connectivity index (χ3v) is 15.3. The van der Waals surface area contributed by atoms with Gasteiger partial charge in [-0.2, -0.15) is 0 Å². The first-order valence-electron chi connectivity index (χ1n) is 10.3. The average Bonchev–Trinajstić information content (AvgIpc) is 2.53. The Morgan fingerprint density at radius 2 is 0.773 bits per heavy atom. The van der Waals surface area contributed by atoms with Gasteiger partial charge in [-0.05, 0) is 0 Å². The molecule has 136 valence electrons. The minimum atomic E-state index is -1.60. The predicted molar refractivity (Wildman–Crippen MR) is 113 cm³/mol. The fourth-order valence-corrected chi connectivity index (χ4v) is 12.3. The molecule has 0 radical (unpaired) electrons. The summed E-state index contributed by atoms with van der Waals surface area (Å²) in [7, 11) is 0. The van der Waals surface area contributed by atoms with E-state index in [0.717, 1.165) is 0 Å². The van der Waals surface area contributed by atoms with Gasteiger partial charge in [-0.25, -0.2) is 0 Å². The van der Waals surface area contributed by atoms with Crippen LogP contribution in [-0.4, -0.2) is 24.6 Å². The van der Waals surface area contributed by atoms with Gasteiger partial charge < -0.3 is 0 Å². The van der Waals surface area contributed by atoms with Crippen LogP contribution in [0.2, 0.25) is 0 Å². The number of unbranched alkanes of at least 4 members (excludes halogenated alkanes) is 8. The standard InChI is InChI=1S/C20H44BrP/c1-5-9-13-14-15-16-20-22(21,17-10-6-2,18-11-7-3)19-12-8-4/h5-20H2,1-4H3. The first-order valence-corrected chi connectivity index (χ1v) is 15.3. The van der Waals surface area contributed by atoms with Crippen LogP contribution in [0, 0.1) is 0 Å². The molecule has 0 bridgehead atoms. The zero-order valence-electron chi connectivity index (χ0n) is 16.1. The molecule has 0 aromatic heterocycles. The van der Waals surface area contributed by atoms with Gasteiger partial charge in [0, 0.05) is 0 Å². The Kier molecular flexibility index (Phi) is 13.8. The Labute approximate surface area is 150 Å². The van der Waals surface area contributed by atoms with E-state index < -0.39 is 5.31 Å². The molecule has 0 aromatic carbocycles. The molecular formula is C20H44BrP. The van der Waals surface area contributed by atoms with Gasteiger partial charge >= 0.3 is 150 Å². The summed E-state index contributed by atoms with van der Waals surface area (Å²) in [5.74, 6) is 0. The maximum atomic E-state index is 4.51. The van der Waals surface area contributed by atoms with Gasteiger partial charge in [0.1, 0.15) is 0 Å². The summed E-state index contributed by atoms with van der Waals surface area (Å²) in [5.41, 5.74) is 0. The second-order valence-corrected chi connectivity index (χ2v) is 19.0. The summed E-state index contributed by atoms with van der Waals surface area (Å²) >= 11 is 4.51. The number of hydrogen-bond acceptors (Lipinski definition) is 0. The van der Waals surface area contributed by atoms with Crippen molar-refractivity contribution in [2.45, 2.75) is 105 Å². The van der Waals surface area contributed by atoms with Crippen LogP contribution in [0.3, 0.4) is 0 Å². The molecule has 0 saturated heterocycles. The van der Waals surface area contributed by atoms with Crippen LogP contribution >= 0.6 is 20.8 Å². The zero-order valence-corrected chi connectivity index (χ0v) is 18.6. The molecule has 0 aliphatic rings. The first-order chi connectivity index (χ1) is 10.5. The Morgan fingerprint density at radius 1 is 0.455 bits per heavy atom. The Bertz CT molecular complexity index is 228. The van der Waals surface area contributed by atoms with Crippen LogP contribution in [0.15, 0.2) is 0 Å². The topological polar surface area (TPSA) is 0 Å². The SMILES string of the molecule is CCCCCCCCP(Br)(CCCC)(CCCC)CCCC. The minimum absolute atomic E-state index is 1.36. The summed E-state index contributed by atoms with van der Waals surface area (Å²) in [6.07, 6.45) is 23.1. The van der Waals surface area contributed by atoms with Gasteiger partial charge in [0.2, 0.25) is 0 Å². The molecule has 0 aliphatic carbocycles. The summed E-state index contributed by atoms with van der Waals surface area (Å²) in [4.78, 5) is 0. The van der Waals surface area contributed by atoms with Crippen molar-refractivity contribution >= 4 is 20.8 Å². The maximum absolute atomic E-state index is 4.51. The van der Waals surface area contributed by atoms with Gasteiger partial charge in [-0.15, -0.1) is 0 Å². The molecule has 0 heterocycles. The van der Waals surface area contributed by atoms with Gasteiger partial charge in [-0.3, -0.25) is 0 Å². The number of rotatable bonds is 16. The van der Waals surface area contributed by atoms with Gasteiger partial charge in [0.25, 0.3) is 0 Å². The van der Waals surface area contributed by atoms with Crippen molar-refractivity contribution < 1.29 is 0 Å². The van der Waals surface area contributed by atoms with Crippen molar-refractivity contribution in [2.24, 2.45) is 0 Å². The van der Waals surface area contributed by atoms with Crippen molar-refractivity contribution in [2.75, 3.05) is 24.6 Å². The van der Waals surface area contributed by atoms with Crippen molar-refractivity contribution in [3.05, 3.63) is 0 Å². The fourth-order valence-electron chi connectivity index (χ4n) is 3.62. The number of halogens is 1. The monoisotopic (exact) mass is 394 g/mol. The average molecular weight is 395 g/mol. The van der Waals surface area contributed by atoms with Gasteiger partial charge in [0.05, 0.1) is 0 Å². The van der Waals surface area contributed by atoms with E-state index in [2.05, 4.69) is 43.2 Å². The van der Waals surface area contributed by atoms with Gasteiger partial charge in [-0.1, -0.05) is 0 Å². The summed E-state index contributed by atoms with van der Waals surface area (Å²) < 4.78 is 0. The quantitative estimate of drug-likeness (QED) is 0.181. The second kappa shape index (κ2) is 13.2. The van der Waals surface area contributed by atoms with Crippen LogP contribution in [0.5, 0.6) is 0 Å². The molecule has 0 N–H and O–H groups in total. The van der Waals surface area contributed by atoms with Crippen LogP contribution < -0.4 is 0 Å². The molecule has 22 heavy (non-hydrogen) atoms. The molecule has 2 heteroatoms. The molecule has 0 aromatic rings. The van der Waals surface area contributed by atoms with E-state index in [0.29, 0.717) is 0 Å². The first kappa shape index (κ1) is 22.9. The molecule has 0 spiro atoms. The summed E-state index contributed by atoms with van der Waals surface area (Å²) in [6, 6.07) is 0. The fraction of sp³-hybridized carbons (Fsp3) is 1.00. The van der Waals surface area contributed by atoms with Crippen LogP contribution in [0.25, 0.3) is 0 Å². The van der Waals surface area contributed by atoms with E-state index in [1.165, 1.54) is 102 Å². The molecule has 0 fully saturated rings. The van der Waals surface area contributed by atoms with Crippen molar-refractivity contribution in [1.82, 2.24) is 0 Å². The molecule has 0 saturated carbocycles. The third kappa shape index (κ3) is 9.92. The van der Waals surface area contributed by atoms with Crippen LogP contribution in [0.1, 0.15) is 105 Å². The predicted octanol–water partition coefficient (Wildman–Crippen LogP) is 8.61. The molecule has 0 aliphatic heterocycles. The van der Waals surface area contributed by atoms with E-state index in [9.17, 15) is 0 Å². The van der Waals surface area contributed by atoms with E-state index in [4.69, 9.17) is 0 Å². The molecule has 0 atom stereocenters. The van der Waals surface area contributed by atoms with E-state index in [1.54, 1.807) is 0 Å². The molecule has 0 amide bonds. The van der Waals surface area contributed by atoms with E-state index >= 15 is 0 Å². The molecule has 0 unspecified atom stereocenters. The molecular weight excluding hydrogens is 351 g/mol. The third-order valence-electron chi connectivity index (χ3n) is 5.28. The molecule has 0 nitrogen and oxygen atoms in total. The second-order valence-electron chi connectivity index (χ2n) is 7.54. The van der Waals surface area contributed by atoms with Crippen LogP contribution in [0.4, 0.5) is 0 Å². The summed E-state index contributed by atoms with van der Waals surface area (Å²) in [5, 5.41) is -1.60. The van der Waals surface area contributed by atoms with Crippen LogP contribution in [-0.2, 0) is 0 Å². The van der Waals surface area contributed by atoms with Crippen molar-refractivity contribution in [3.63, 3.8) is 0 Å². The van der Waals surface area contributed by atoms with E-state index in [-0.39, 0.29) is 0 Å². The van der Waals surface area contributed by atoms with Crippen molar-refractivity contribution in [3.8, 4) is 0 Å². The molecule has 0 rings (SSSR count). The zero-order chi connectivity index (χ0) is 16.8. The summed E-state index contributed by atoms with van der Waals surface area (Å²) in [6.45, 7) is 9.39. The Hall–Kier alpha value is 0.910. The van der Waals surface area contributed by atoms with Crippen molar-refractivity contribution in [1.29, 1.82) is 0 Å².